The fraction of sp³-hybridized carbons (Fsp3) is 0.0769. The number of hydrogen-bond acceptors (Lipinski definition) is 3. The van der Waals surface area contributed by atoms with Crippen LogP contribution in [0.5, 0.6) is 0 Å². The highest BCUT2D eigenvalue weighted by molar-refractivity contribution is 8.05. The van der Waals surface area contributed by atoms with Crippen molar-refractivity contribution in [3.8, 4) is 16.8 Å². The minimum absolute atomic E-state index is 0.122. The molecule has 2 aromatic heterocycles. The summed E-state index contributed by atoms with van der Waals surface area (Å²) in [6.07, 6.45) is 0. The predicted molar refractivity (Wildman–Crippen MR) is 180 cm³/mol. The summed E-state index contributed by atoms with van der Waals surface area (Å²) in [5.41, 5.74) is 10.7. The van der Waals surface area contributed by atoms with Gasteiger partial charge in [-0.2, -0.15) is 0 Å². The van der Waals surface area contributed by atoms with Gasteiger partial charge in [0.25, 0.3) is 0 Å². The summed E-state index contributed by atoms with van der Waals surface area (Å²) < 4.78 is 8.97. The molecule has 0 spiro atoms. The van der Waals surface area contributed by atoms with Crippen molar-refractivity contribution in [2.24, 2.45) is 0 Å². The van der Waals surface area contributed by atoms with Crippen molar-refractivity contribution < 1.29 is 4.42 Å². The first kappa shape index (κ1) is 24.1. The zero-order chi connectivity index (χ0) is 28.4. The van der Waals surface area contributed by atoms with Crippen LogP contribution < -0.4 is 0 Å². The largest absolute Gasteiger partial charge is 0.454 e. The molecule has 3 heterocycles. The van der Waals surface area contributed by atoms with Gasteiger partial charge >= 0.3 is 0 Å². The standard InChI is InChI=1S/C39H25NOS2/c1-39(2)28-20-32-27(18-25(28)26-19-36-37(21-29(26)39)43-35-17-8-7-16-34(35)42-36)22-10-3-5-13-30(22)40(32)31-14-9-12-24-23-11-4-6-15-33(23)41-38(24)31/h3-21H,1-2H3. The third-order valence-corrected chi connectivity index (χ3v) is 12.0. The van der Waals surface area contributed by atoms with Crippen LogP contribution in [0.1, 0.15) is 25.0 Å². The van der Waals surface area contributed by atoms with Gasteiger partial charge in [0.1, 0.15) is 5.58 Å². The molecular weight excluding hydrogens is 563 g/mol. The number of fused-ring (bicyclic) bond motifs is 11. The molecule has 8 aromatic rings. The lowest BCUT2D eigenvalue weighted by Gasteiger charge is -2.24. The molecule has 0 radical (unpaired) electrons. The fourth-order valence-electron chi connectivity index (χ4n) is 7.38. The maximum Gasteiger partial charge on any atom is 0.159 e. The summed E-state index contributed by atoms with van der Waals surface area (Å²) in [4.78, 5) is 5.40. The molecule has 0 saturated carbocycles. The normalized spacial score (nSPS) is 14.7. The van der Waals surface area contributed by atoms with Gasteiger partial charge in [-0.25, -0.2) is 0 Å². The predicted octanol–water partition coefficient (Wildman–Crippen LogP) is 11.6. The average Bonchev–Trinajstić information content (AvgIpc) is 3.64. The van der Waals surface area contributed by atoms with Crippen molar-refractivity contribution >= 4 is 67.3 Å². The van der Waals surface area contributed by atoms with E-state index >= 15 is 0 Å². The van der Waals surface area contributed by atoms with E-state index in [1.165, 1.54) is 63.6 Å². The van der Waals surface area contributed by atoms with E-state index < -0.39 is 0 Å². The minimum atomic E-state index is -0.122. The van der Waals surface area contributed by atoms with Crippen LogP contribution in [0.3, 0.4) is 0 Å². The monoisotopic (exact) mass is 587 g/mol. The van der Waals surface area contributed by atoms with Gasteiger partial charge in [-0.05, 0) is 76.9 Å². The number of furan rings is 1. The molecular formula is C39H25NOS2. The Kier molecular flexibility index (Phi) is 4.69. The molecule has 0 N–H and O–H groups in total. The van der Waals surface area contributed by atoms with E-state index in [1.54, 1.807) is 0 Å². The molecule has 204 valence electrons. The van der Waals surface area contributed by atoms with Gasteiger partial charge in [0, 0.05) is 46.5 Å². The van der Waals surface area contributed by atoms with Gasteiger partial charge in [-0.15, -0.1) is 0 Å². The number of nitrogens with zero attached hydrogens (tertiary/aromatic N) is 1. The quantitative estimate of drug-likeness (QED) is 0.190. The van der Waals surface area contributed by atoms with E-state index in [1.807, 2.05) is 29.6 Å². The third-order valence-electron chi connectivity index (χ3n) is 9.45. The fourth-order valence-corrected chi connectivity index (χ4v) is 9.66. The van der Waals surface area contributed by atoms with Gasteiger partial charge < -0.3 is 8.98 Å². The first-order valence-corrected chi connectivity index (χ1v) is 16.3. The Hall–Kier alpha value is -4.38. The highest BCUT2D eigenvalue weighted by Gasteiger charge is 2.38. The van der Waals surface area contributed by atoms with Crippen LogP contribution >= 0.6 is 23.5 Å². The molecule has 1 aliphatic heterocycles. The SMILES string of the molecule is CC1(C)c2cc3c(cc2-c2cc4c5ccccc5n(-c5cccc6c5oc5ccccc56)c4cc21)Sc1ccccc1S3. The lowest BCUT2D eigenvalue weighted by Crippen LogP contribution is -2.15. The summed E-state index contributed by atoms with van der Waals surface area (Å²) in [5.74, 6) is 0. The van der Waals surface area contributed by atoms with Crippen molar-refractivity contribution in [2.45, 2.75) is 38.8 Å². The molecule has 1 aliphatic carbocycles. The van der Waals surface area contributed by atoms with E-state index in [0.29, 0.717) is 0 Å². The molecule has 43 heavy (non-hydrogen) atoms. The number of hydrogen-bond donors (Lipinski definition) is 0. The Morgan fingerprint density at radius 1 is 0.535 bits per heavy atom. The average molecular weight is 588 g/mol. The Morgan fingerprint density at radius 2 is 1.19 bits per heavy atom. The first-order valence-electron chi connectivity index (χ1n) is 14.7. The second-order valence-electron chi connectivity index (χ2n) is 12.1. The Balaban J connectivity index is 1.25. The lowest BCUT2D eigenvalue weighted by atomic mass is 9.82. The zero-order valence-corrected chi connectivity index (χ0v) is 25.3. The van der Waals surface area contributed by atoms with Gasteiger partial charge in [0.2, 0.25) is 0 Å². The molecule has 0 saturated heterocycles. The van der Waals surface area contributed by atoms with Crippen LogP contribution in [0, 0.1) is 0 Å². The first-order chi connectivity index (χ1) is 21.1. The summed E-state index contributed by atoms with van der Waals surface area (Å²) >= 11 is 3.80. The van der Waals surface area contributed by atoms with Crippen LogP contribution in [-0.2, 0) is 5.41 Å². The lowest BCUT2D eigenvalue weighted by molar-refractivity contribution is 0.658. The van der Waals surface area contributed by atoms with E-state index in [-0.39, 0.29) is 5.41 Å². The second kappa shape index (κ2) is 8.37. The minimum Gasteiger partial charge on any atom is -0.454 e. The number of para-hydroxylation sites is 3. The smallest absolute Gasteiger partial charge is 0.159 e. The van der Waals surface area contributed by atoms with Gasteiger partial charge in [0.15, 0.2) is 5.58 Å². The molecule has 4 heteroatoms. The van der Waals surface area contributed by atoms with Crippen molar-refractivity contribution in [3.05, 3.63) is 126 Å². The summed E-state index contributed by atoms with van der Waals surface area (Å²) in [6, 6.07) is 42.2. The third kappa shape index (κ3) is 3.17. The Morgan fingerprint density at radius 3 is 2.02 bits per heavy atom. The summed E-state index contributed by atoms with van der Waals surface area (Å²) in [5, 5.41) is 4.83. The Bertz CT molecular complexity index is 2500. The van der Waals surface area contributed by atoms with Crippen molar-refractivity contribution in [2.75, 3.05) is 0 Å². The molecule has 0 unspecified atom stereocenters. The molecule has 2 nitrogen and oxygen atoms in total. The summed E-state index contributed by atoms with van der Waals surface area (Å²) in [6.45, 7) is 4.77. The Labute approximate surface area is 257 Å². The van der Waals surface area contributed by atoms with Crippen LogP contribution in [0.25, 0.3) is 60.6 Å². The molecule has 0 atom stereocenters. The molecule has 2 aliphatic rings. The summed E-state index contributed by atoms with van der Waals surface area (Å²) in [7, 11) is 0. The maximum absolute atomic E-state index is 6.55. The molecule has 6 aromatic carbocycles. The van der Waals surface area contributed by atoms with E-state index in [9.17, 15) is 0 Å². The van der Waals surface area contributed by atoms with Crippen molar-refractivity contribution in [1.29, 1.82) is 0 Å². The molecule has 0 fully saturated rings. The van der Waals surface area contributed by atoms with Gasteiger partial charge in [0.05, 0.1) is 16.7 Å². The van der Waals surface area contributed by atoms with Gasteiger partial charge in [-0.1, -0.05) is 98.0 Å². The van der Waals surface area contributed by atoms with Crippen LogP contribution in [-0.4, -0.2) is 4.57 Å². The number of benzene rings is 6. The van der Waals surface area contributed by atoms with Crippen molar-refractivity contribution in [1.82, 2.24) is 4.57 Å². The zero-order valence-electron chi connectivity index (χ0n) is 23.6. The second-order valence-corrected chi connectivity index (χ2v) is 14.3. The van der Waals surface area contributed by atoms with Crippen molar-refractivity contribution in [3.63, 3.8) is 0 Å². The van der Waals surface area contributed by atoms with Crippen LogP contribution in [0.4, 0.5) is 0 Å². The van der Waals surface area contributed by atoms with Crippen LogP contribution in [0.15, 0.2) is 139 Å². The highest BCUT2D eigenvalue weighted by Crippen LogP contribution is 2.56. The van der Waals surface area contributed by atoms with Crippen LogP contribution in [0.2, 0.25) is 0 Å². The van der Waals surface area contributed by atoms with E-state index in [0.717, 1.165) is 27.6 Å². The van der Waals surface area contributed by atoms with E-state index in [4.69, 9.17) is 4.42 Å². The molecule has 10 rings (SSSR count). The van der Waals surface area contributed by atoms with E-state index in [2.05, 4.69) is 128 Å². The number of aromatic nitrogens is 1. The number of rotatable bonds is 1. The highest BCUT2D eigenvalue weighted by atomic mass is 32.2. The topological polar surface area (TPSA) is 18.1 Å². The van der Waals surface area contributed by atoms with Gasteiger partial charge in [-0.3, -0.25) is 0 Å². The molecule has 0 bridgehead atoms. The maximum atomic E-state index is 6.55. The molecule has 0 amide bonds.